The molecule has 0 unspecified atom stereocenters. The molecule has 0 radical (unpaired) electrons. The monoisotopic (exact) mass is 219 g/mol. The van der Waals surface area contributed by atoms with Crippen molar-refractivity contribution in [2.75, 3.05) is 0 Å². The molecule has 0 N–H and O–H groups in total. The first-order chi connectivity index (χ1) is 4.84. The van der Waals surface area contributed by atoms with E-state index in [0.717, 1.165) is 0 Å². The number of carbonyl (C=O) groups is 1. The molecular weight excluding hydrogens is 212 g/mol. The van der Waals surface area contributed by atoms with Gasteiger partial charge in [-0.05, 0) is 0 Å². The predicted molar refractivity (Wildman–Crippen MR) is 31.9 cm³/mol. The molecule has 0 atom stereocenters. The van der Waals surface area contributed by atoms with Crippen molar-refractivity contribution in [1.29, 1.82) is 0 Å². The first kappa shape index (κ1) is 7.48. The molecule has 1 aromatic rings. The number of carbonyl (C=O) groups excluding carboxylic acids is 1. The van der Waals surface area contributed by atoms with Gasteiger partial charge in [0.25, 0.3) is 0 Å². The van der Waals surface area contributed by atoms with Crippen molar-refractivity contribution < 1.29 is 28.4 Å². The van der Waals surface area contributed by atoms with Crippen molar-refractivity contribution in [3.8, 4) is 0 Å². The summed E-state index contributed by atoms with van der Waals surface area (Å²) in [5.41, 5.74) is 0.590. The zero-order valence-electron chi connectivity index (χ0n) is 5.11. The molecule has 0 heterocycles. The molecule has 1 aromatic carbocycles. The Balaban J connectivity index is 2.85. The Kier molecular flexibility index (Phi) is 2.64. The Hall–Kier alpha value is -0.622. The van der Waals surface area contributed by atoms with E-state index < -0.39 is 0 Å². The minimum atomic E-state index is -0.287. The normalized spacial score (nSPS) is 8.80. The van der Waals surface area contributed by atoms with Crippen LogP contribution in [0.25, 0.3) is 0 Å². The van der Waals surface area contributed by atoms with E-state index in [9.17, 15) is 4.79 Å². The molecule has 10 heavy (non-hydrogen) atoms. The van der Waals surface area contributed by atoms with Crippen LogP contribution in [0.5, 0.6) is 0 Å². The fourth-order valence-electron chi connectivity index (χ4n) is 0.622. The van der Waals surface area contributed by atoms with Gasteiger partial charge in [-0.1, -0.05) is 0 Å². The molecule has 0 fully saturated rings. The van der Waals surface area contributed by atoms with E-state index >= 15 is 0 Å². The van der Waals surface area contributed by atoms with E-state index in [1.807, 2.05) is 6.07 Å². The molecular formula is C7H5MoO2. The van der Waals surface area contributed by atoms with Gasteiger partial charge in [-0.3, -0.25) is 0 Å². The van der Waals surface area contributed by atoms with Gasteiger partial charge in [0.2, 0.25) is 0 Å². The van der Waals surface area contributed by atoms with Crippen LogP contribution in [0.4, 0.5) is 0 Å². The van der Waals surface area contributed by atoms with Crippen LogP contribution < -0.4 is 0 Å². The van der Waals surface area contributed by atoms with Crippen LogP contribution in [-0.2, 0) is 23.6 Å². The Morgan fingerprint density at radius 2 is 1.90 bits per heavy atom. The standard InChI is InChI=1S/C7H6O2.Mo/c8-7(9)6-4-2-1-3-5-6;/h1-5H,(H,8,9);/q;+1/p-1. The van der Waals surface area contributed by atoms with E-state index in [0.29, 0.717) is 5.56 Å². The van der Waals surface area contributed by atoms with E-state index in [1.54, 1.807) is 24.3 Å². The molecule has 0 aliphatic rings. The molecule has 0 saturated carbocycles. The van der Waals surface area contributed by atoms with Gasteiger partial charge in [0.05, 0.1) is 0 Å². The zero-order chi connectivity index (χ0) is 7.40. The van der Waals surface area contributed by atoms with E-state index in [1.165, 1.54) is 20.2 Å². The van der Waals surface area contributed by atoms with Gasteiger partial charge in [0, 0.05) is 0 Å². The summed E-state index contributed by atoms with van der Waals surface area (Å²) in [6, 6.07) is 8.88. The van der Waals surface area contributed by atoms with Crippen molar-refractivity contribution >= 4 is 5.97 Å². The first-order valence-corrected chi connectivity index (χ1v) is 3.55. The van der Waals surface area contributed by atoms with Crippen molar-refractivity contribution in [2.24, 2.45) is 0 Å². The van der Waals surface area contributed by atoms with Crippen molar-refractivity contribution in [3.05, 3.63) is 35.9 Å². The Morgan fingerprint density at radius 1 is 1.30 bits per heavy atom. The van der Waals surface area contributed by atoms with Gasteiger partial charge < -0.3 is 0 Å². The van der Waals surface area contributed by atoms with Gasteiger partial charge in [-0.2, -0.15) is 0 Å². The fraction of sp³-hybridized carbons (Fsp3) is 0. The number of hydrogen-bond acceptors (Lipinski definition) is 2. The Bertz CT molecular complexity index is 220. The summed E-state index contributed by atoms with van der Waals surface area (Å²) < 4.78 is 4.51. The second-order valence-electron chi connectivity index (χ2n) is 1.74. The van der Waals surface area contributed by atoms with E-state index in [-0.39, 0.29) is 5.97 Å². The summed E-state index contributed by atoms with van der Waals surface area (Å²) in [5, 5.41) is 0. The average molecular weight is 217 g/mol. The summed E-state index contributed by atoms with van der Waals surface area (Å²) in [6.45, 7) is 0. The van der Waals surface area contributed by atoms with Crippen LogP contribution >= 0.6 is 0 Å². The molecule has 0 aromatic heterocycles. The molecule has 0 amide bonds. The summed E-state index contributed by atoms with van der Waals surface area (Å²) in [5.74, 6) is -0.287. The van der Waals surface area contributed by atoms with E-state index in [4.69, 9.17) is 0 Å². The molecule has 51 valence electrons. The molecule has 0 spiro atoms. The van der Waals surface area contributed by atoms with Crippen molar-refractivity contribution in [3.63, 3.8) is 0 Å². The minimum absolute atomic E-state index is 0.287. The second kappa shape index (κ2) is 3.52. The maximum atomic E-state index is 10.8. The molecule has 0 aliphatic heterocycles. The van der Waals surface area contributed by atoms with Gasteiger partial charge in [-0.25, -0.2) is 0 Å². The molecule has 3 heteroatoms. The topological polar surface area (TPSA) is 26.3 Å². The summed E-state index contributed by atoms with van der Waals surface area (Å²) in [6.07, 6.45) is 0. The number of benzene rings is 1. The maximum absolute atomic E-state index is 10.8. The fourth-order valence-corrected chi connectivity index (χ4v) is 0.859. The first-order valence-electron chi connectivity index (χ1n) is 2.74. The summed E-state index contributed by atoms with van der Waals surface area (Å²) in [7, 11) is 0. The van der Waals surface area contributed by atoms with Crippen molar-refractivity contribution in [1.82, 2.24) is 0 Å². The quantitative estimate of drug-likeness (QED) is 0.663. The second-order valence-corrected chi connectivity index (χ2v) is 2.15. The SMILES string of the molecule is O=C([O][Mo])c1ccccc1. The molecule has 0 saturated heterocycles. The van der Waals surface area contributed by atoms with Crippen LogP contribution in [0, 0.1) is 0 Å². The third-order valence-corrected chi connectivity index (χ3v) is 1.46. The summed E-state index contributed by atoms with van der Waals surface area (Å²) in [4.78, 5) is 10.8. The third kappa shape index (κ3) is 1.68. The average Bonchev–Trinajstić information content (AvgIpc) is 2.05. The van der Waals surface area contributed by atoms with E-state index in [2.05, 4.69) is 3.39 Å². The molecule has 0 bridgehead atoms. The van der Waals surface area contributed by atoms with Crippen LogP contribution in [0.3, 0.4) is 0 Å². The van der Waals surface area contributed by atoms with Gasteiger partial charge in [0.15, 0.2) is 0 Å². The van der Waals surface area contributed by atoms with Gasteiger partial charge >= 0.3 is 70.2 Å². The summed E-state index contributed by atoms with van der Waals surface area (Å²) >= 11 is 1.30. The number of rotatable bonds is 1. The van der Waals surface area contributed by atoms with Crippen LogP contribution in [0.1, 0.15) is 10.4 Å². The molecule has 1 rings (SSSR count). The van der Waals surface area contributed by atoms with Crippen molar-refractivity contribution in [2.45, 2.75) is 0 Å². The zero-order valence-corrected chi connectivity index (χ0v) is 7.12. The third-order valence-electron chi connectivity index (χ3n) is 1.09. The molecule has 2 nitrogen and oxygen atoms in total. The Morgan fingerprint density at radius 3 is 2.40 bits per heavy atom. The van der Waals surface area contributed by atoms with Crippen LogP contribution in [0.15, 0.2) is 30.3 Å². The van der Waals surface area contributed by atoms with Gasteiger partial charge in [0.1, 0.15) is 0 Å². The molecule has 0 aliphatic carbocycles. The van der Waals surface area contributed by atoms with Crippen LogP contribution in [0.2, 0.25) is 0 Å². The van der Waals surface area contributed by atoms with Gasteiger partial charge in [-0.15, -0.1) is 0 Å². The Labute approximate surface area is 70.6 Å². The predicted octanol–water partition coefficient (Wildman–Crippen LogP) is 1.31. The number of hydrogen-bond donors (Lipinski definition) is 0. The van der Waals surface area contributed by atoms with Crippen LogP contribution in [-0.4, -0.2) is 5.97 Å².